The molecule has 4 nitrogen and oxygen atoms in total. The van der Waals surface area contributed by atoms with Gasteiger partial charge in [-0.3, -0.25) is 9.59 Å². The number of aliphatic hydroxyl groups is 1. The zero-order valence-corrected chi connectivity index (χ0v) is 15.0. The fraction of sp³-hybridized carbons (Fsp3) is 0.333. The minimum absolute atomic E-state index is 0.0438. The molecule has 1 atom stereocenters. The van der Waals surface area contributed by atoms with Crippen molar-refractivity contribution >= 4 is 11.7 Å². The Morgan fingerprint density at radius 2 is 1.68 bits per heavy atom. The molecule has 0 heterocycles. The zero-order valence-electron chi connectivity index (χ0n) is 15.0. The second-order valence-electron chi connectivity index (χ2n) is 6.40. The Labute approximate surface area is 148 Å². The van der Waals surface area contributed by atoms with E-state index in [4.69, 9.17) is 0 Å². The van der Waals surface area contributed by atoms with Gasteiger partial charge < -0.3 is 10.4 Å². The van der Waals surface area contributed by atoms with Gasteiger partial charge in [-0.25, -0.2) is 0 Å². The van der Waals surface area contributed by atoms with Gasteiger partial charge in [-0.15, -0.1) is 0 Å². The van der Waals surface area contributed by atoms with Crippen molar-refractivity contribution in [1.29, 1.82) is 0 Å². The van der Waals surface area contributed by atoms with Crippen LogP contribution < -0.4 is 5.32 Å². The van der Waals surface area contributed by atoms with Crippen molar-refractivity contribution in [3.8, 4) is 0 Å². The van der Waals surface area contributed by atoms with Crippen molar-refractivity contribution in [2.24, 2.45) is 0 Å². The summed E-state index contributed by atoms with van der Waals surface area (Å²) >= 11 is 0. The predicted molar refractivity (Wildman–Crippen MR) is 98.6 cm³/mol. The Kier molecular flexibility index (Phi) is 6.48. The molecule has 0 aliphatic rings. The average Bonchev–Trinajstić information content (AvgIpc) is 2.60. The molecule has 0 spiro atoms. The molecule has 0 bridgehead atoms. The highest BCUT2D eigenvalue weighted by atomic mass is 16.3. The van der Waals surface area contributed by atoms with Crippen LogP contribution in [0, 0.1) is 20.8 Å². The van der Waals surface area contributed by atoms with E-state index in [9.17, 15) is 14.7 Å². The Bertz CT molecular complexity index is 767. The first kappa shape index (κ1) is 18.9. The molecule has 2 aromatic rings. The van der Waals surface area contributed by atoms with E-state index in [-0.39, 0.29) is 31.1 Å². The third-order valence-corrected chi connectivity index (χ3v) is 4.45. The molecule has 1 amide bonds. The number of rotatable bonds is 7. The quantitative estimate of drug-likeness (QED) is 0.760. The molecule has 2 rings (SSSR count). The van der Waals surface area contributed by atoms with Crippen LogP contribution in [-0.2, 0) is 4.79 Å². The summed E-state index contributed by atoms with van der Waals surface area (Å²) in [4.78, 5) is 24.1. The third-order valence-electron chi connectivity index (χ3n) is 4.45. The van der Waals surface area contributed by atoms with E-state index in [0.29, 0.717) is 5.56 Å². The van der Waals surface area contributed by atoms with Crippen LogP contribution in [-0.4, -0.2) is 23.3 Å². The number of benzene rings is 2. The van der Waals surface area contributed by atoms with Crippen LogP contribution in [0.2, 0.25) is 0 Å². The summed E-state index contributed by atoms with van der Waals surface area (Å²) in [5, 5.41) is 12.9. The van der Waals surface area contributed by atoms with Gasteiger partial charge in [0.1, 0.15) is 0 Å². The maximum atomic E-state index is 12.2. The van der Waals surface area contributed by atoms with Crippen LogP contribution in [0.4, 0.5) is 0 Å². The summed E-state index contributed by atoms with van der Waals surface area (Å²) in [5.41, 5.74) is 4.62. The lowest BCUT2D eigenvalue weighted by molar-refractivity contribution is -0.121. The molecule has 0 aliphatic heterocycles. The van der Waals surface area contributed by atoms with Crippen molar-refractivity contribution in [1.82, 2.24) is 5.32 Å². The van der Waals surface area contributed by atoms with Crippen LogP contribution in [0.15, 0.2) is 42.5 Å². The smallest absolute Gasteiger partial charge is 0.220 e. The number of hydrogen-bond donors (Lipinski definition) is 2. The van der Waals surface area contributed by atoms with Gasteiger partial charge >= 0.3 is 0 Å². The maximum Gasteiger partial charge on any atom is 0.220 e. The number of Topliss-reactive ketones (excluding diaryl/α,β-unsaturated/α-hetero) is 1. The third kappa shape index (κ3) is 5.26. The molecule has 132 valence electrons. The van der Waals surface area contributed by atoms with Gasteiger partial charge in [0.15, 0.2) is 5.78 Å². The maximum absolute atomic E-state index is 12.2. The van der Waals surface area contributed by atoms with Crippen LogP contribution in [0.3, 0.4) is 0 Å². The van der Waals surface area contributed by atoms with Crippen molar-refractivity contribution in [3.05, 3.63) is 70.3 Å². The molecule has 25 heavy (non-hydrogen) atoms. The monoisotopic (exact) mass is 339 g/mol. The highest BCUT2D eigenvalue weighted by Crippen LogP contribution is 2.16. The van der Waals surface area contributed by atoms with E-state index >= 15 is 0 Å². The molecular weight excluding hydrogens is 314 g/mol. The topological polar surface area (TPSA) is 66.4 Å². The van der Waals surface area contributed by atoms with Crippen molar-refractivity contribution < 1.29 is 14.7 Å². The molecule has 0 radical (unpaired) electrons. The predicted octanol–water partition coefficient (Wildman–Crippen LogP) is 3.42. The van der Waals surface area contributed by atoms with Gasteiger partial charge in [-0.1, -0.05) is 36.4 Å². The number of ketones is 1. The average molecular weight is 339 g/mol. The number of hydrogen-bond acceptors (Lipinski definition) is 3. The van der Waals surface area contributed by atoms with Crippen LogP contribution >= 0.6 is 0 Å². The number of aliphatic hydroxyl groups excluding tert-OH is 1. The highest BCUT2D eigenvalue weighted by Gasteiger charge is 2.13. The van der Waals surface area contributed by atoms with Crippen molar-refractivity contribution in [2.75, 3.05) is 6.54 Å². The minimum atomic E-state index is -0.749. The summed E-state index contributed by atoms with van der Waals surface area (Å²) in [7, 11) is 0. The van der Waals surface area contributed by atoms with Crippen LogP contribution in [0.5, 0.6) is 0 Å². The van der Waals surface area contributed by atoms with E-state index in [1.54, 1.807) is 6.07 Å². The van der Waals surface area contributed by atoms with E-state index in [1.165, 1.54) is 0 Å². The Balaban J connectivity index is 1.81. The molecule has 0 aromatic heterocycles. The Morgan fingerprint density at radius 3 is 2.36 bits per heavy atom. The molecule has 2 aromatic carbocycles. The molecule has 0 saturated carbocycles. The number of carbonyl (C=O) groups is 2. The first-order valence-electron chi connectivity index (χ1n) is 8.49. The molecule has 1 unspecified atom stereocenters. The molecule has 0 aliphatic carbocycles. The van der Waals surface area contributed by atoms with E-state index in [2.05, 4.69) is 5.32 Å². The zero-order chi connectivity index (χ0) is 18.4. The summed E-state index contributed by atoms with van der Waals surface area (Å²) in [5.74, 6) is -0.275. The summed E-state index contributed by atoms with van der Waals surface area (Å²) in [6.45, 7) is 6.02. The minimum Gasteiger partial charge on any atom is -0.387 e. The van der Waals surface area contributed by atoms with Crippen LogP contribution in [0.25, 0.3) is 0 Å². The first-order valence-corrected chi connectivity index (χ1v) is 8.49. The fourth-order valence-electron chi connectivity index (χ4n) is 2.66. The fourth-order valence-corrected chi connectivity index (χ4v) is 2.66. The SMILES string of the molecule is Cc1ccc(C(=O)CCC(=O)NCC(O)c2ccccc2C)cc1C. The van der Waals surface area contributed by atoms with Gasteiger partial charge in [-0.2, -0.15) is 0 Å². The summed E-state index contributed by atoms with van der Waals surface area (Å²) in [6, 6.07) is 13.1. The second-order valence-corrected chi connectivity index (χ2v) is 6.40. The van der Waals surface area contributed by atoms with E-state index in [1.807, 2.05) is 57.2 Å². The first-order chi connectivity index (χ1) is 11.9. The molecule has 2 N–H and O–H groups in total. The normalized spacial score (nSPS) is 11.8. The number of nitrogens with one attached hydrogen (secondary N) is 1. The van der Waals surface area contributed by atoms with Gasteiger partial charge in [0.05, 0.1) is 6.10 Å². The summed E-state index contributed by atoms with van der Waals surface area (Å²) < 4.78 is 0. The molecule has 0 saturated heterocycles. The largest absolute Gasteiger partial charge is 0.387 e. The van der Waals surface area contributed by atoms with E-state index in [0.717, 1.165) is 22.3 Å². The lowest BCUT2D eigenvalue weighted by Gasteiger charge is -2.14. The number of amides is 1. The van der Waals surface area contributed by atoms with Gasteiger partial charge in [0.25, 0.3) is 0 Å². The molecule has 0 fully saturated rings. The number of aryl methyl sites for hydroxylation is 3. The van der Waals surface area contributed by atoms with E-state index < -0.39 is 6.10 Å². The summed E-state index contributed by atoms with van der Waals surface area (Å²) in [6.07, 6.45) is -0.471. The molecular formula is C21H25NO3. The number of carbonyl (C=O) groups excluding carboxylic acids is 2. The molecule has 4 heteroatoms. The van der Waals surface area contributed by atoms with Gasteiger partial charge in [0, 0.05) is 24.9 Å². The van der Waals surface area contributed by atoms with Crippen molar-refractivity contribution in [2.45, 2.75) is 39.7 Å². The standard InChI is InChI=1S/C21H25NO3/c1-14-8-9-17(12-16(14)3)19(23)10-11-21(25)22-13-20(24)18-7-5-4-6-15(18)2/h4-9,12,20,24H,10-11,13H2,1-3H3,(H,22,25). The Morgan fingerprint density at radius 1 is 0.960 bits per heavy atom. The van der Waals surface area contributed by atoms with Gasteiger partial charge in [0.2, 0.25) is 5.91 Å². The van der Waals surface area contributed by atoms with Crippen LogP contribution in [0.1, 0.15) is 51.6 Å². The Hall–Kier alpha value is -2.46. The second kappa shape index (κ2) is 8.58. The van der Waals surface area contributed by atoms with Gasteiger partial charge in [-0.05, 0) is 49.1 Å². The van der Waals surface area contributed by atoms with Crippen molar-refractivity contribution in [3.63, 3.8) is 0 Å². The lowest BCUT2D eigenvalue weighted by Crippen LogP contribution is -2.28. The highest BCUT2D eigenvalue weighted by molar-refractivity contribution is 5.98. The lowest BCUT2D eigenvalue weighted by atomic mass is 10.0.